The number of fused-ring (bicyclic) bond motifs is 1. The summed E-state index contributed by atoms with van der Waals surface area (Å²) in [6, 6.07) is 15.2. The lowest BCUT2D eigenvalue weighted by Gasteiger charge is -2.22. The number of benzene rings is 2. The molecular weight excluding hydrogens is 302 g/mol. The van der Waals surface area contributed by atoms with Gasteiger partial charge in [-0.2, -0.15) is 0 Å². The molecule has 1 heterocycles. The van der Waals surface area contributed by atoms with Gasteiger partial charge in [-0.3, -0.25) is 4.79 Å². The maximum atomic E-state index is 12.9. The predicted molar refractivity (Wildman–Crippen MR) is 96.2 cm³/mol. The lowest BCUT2D eigenvalue weighted by Crippen LogP contribution is -2.26. The number of hydrogen-bond donors (Lipinski definition) is 3. The lowest BCUT2D eigenvalue weighted by molar-refractivity contribution is -0.118. The summed E-state index contributed by atoms with van der Waals surface area (Å²) in [5.74, 6) is -0.0202. The number of hydrogen-bond acceptors (Lipinski definition) is 2. The van der Waals surface area contributed by atoms with Gasteiger partial charge >= 0.3 is 5.69 Å². The van der Waals surface area contributed by atoms with E-state index in [-0.39, 0.29) is 23.4 Å². The van der Waals surface area contributed by atoms with Crippen LogP contribution in [0.1, 0.15) is 31.7 Å². The van der Waals surface area contributed by atoms with Crippen molar-refractivity contribution in [2.24, 2.45) is 5.92 Å². The van der Waals surface area contributed by atoms with Crippen molar-refractivity contribution in [1.82, 2.24) is 9.97 Å². The fraction of sp³-hybridized carbons (Fsp3) is 0.263. The molecule has 3 rings (SSSR count). The SMILES string of the molecule is CCC(C)C(C(=O)Nc1ccc2[nH]c(=O)[nH]c2c1)c1ccccc1. The van der Waals surface area contributed by atoms with Gasteiger partial charge in [0.15, 0.2) is 0 Å². The van der Waals surface area contributed by atoms with Crippen molar-refractivity contribution in [3.05, 3.63) is 64.6 Å². The summed E-state index contributed by atoms with van der Waals surface area (Å²) in [6.45, 7) is 4.18. The molecule has 1 aromatic heterocycles. The molecule has 0 aliphatic carbocycles. The van der Waals surface area contributed by atoms with Gasteiger partial charge in [-0.1, -0.05) is 50.6 Å². The van der Waals surface area contributed by atoms with E-state index >= 15 is 0 Å². The molecule has 0 fully saturated rings. The first kappa shape index (κ1) is 16.1. The van der Waals surface area contributed by atoms with Crippen LogP contribution >= 0.6 is 0 Å². The van der Waals surface area contributed by atoms with E-state index in [1.807, 2.05) is 30.3 Å². The first-order chi connectivity index (χ1) is 11.6. The average Bonchev–Trinajstić information content (AvgIpc) is 2.95. The van der Waals surface area contributed by atoms with Gasteiger partial charge in [0.05, 0.1) is 17.0 Å². The summed E-state index contributed by atoms with van der Waals surface area (Å²) in [6.07, 6.45) is 0.914. The Bertz CT molecular complexity index is 896. The Morgan fingerprint density at radius 2 is 1.79 bits per heavy atom. The summed E-state index contributed by atoms with van der Waals surface area (Å²) in [4.78, 5) is 29.6. The van der Waals surface area contributed by atoms with Crippen molar-refractivity contribution >= 4 is 22.6 Å². The molecule has 2 atom stereocenters. The Kier molecular flexibility index (Phi) is 4.51. The molecule has 0 saturated heterocycles. The number of aromatic amines is 2. The van der Waals surface area contributed by atoms with Crippen molar-refractivity contribution in [1.29, 1.82) is 0 Å². The zero-order valence-corrected chi connectivity index (χ0v) is 13.8. The number of carbonyl (C=O) groups excluding carboxylic acids is 1. The Hall–Kier alpha value is -2.82. The van der Waals surface area contributed by atoms with Crippen LogP contribution in [0.2, 0.25) is 0 Å². The van der Waals surface area contributed by atoms with Gasteiger partial charge in [-0.05, 0) is 29.7 Å². The molecule has 2 unspecified atom stereocenters. The Labute approximate surface area is 140 Å². The minimum absolute atomic E-state index is 0.0345. The molecule has 5 heteroatoms. The highest BCUT2D eigenvalue weighted by atomic mass is 16.2. The topological polar surface area (TPSA) is 77.8 Å². The largest absolute Gasteiger partial charge is 0.325 e. The third kappa shape index (κ3) is 3.25. The summed E-state index contributed by atoms with van der Waals surface area (Å²) in [5, 5.41) is 2.98. The van der Waals surface area contributed by atoms with Crippen molar-refractivity contribution in [3.8, 4) is 0 Å². The normalized spacial score (nSPS) is 13.6. The summed E-state index contributed by atoms with van der Waals surface area (Å²) in [5.41, 5.74) is 2.83. The zero-order valence-electron chi connectivity index (χ0n) is 13.8. The van der Waals surface area contributed by atoms with E-state index in [0.717, 1.165) is 17.5 Å². The van der Waals surface area contributed by atoms with Crippen LogP contribution in [-0.4, -0.2) is 15.9 Å². The molecule has 0 bridgehead atoms. The third-order valence-electron chi connectivity index (χ3n) is 4.44. The van der Waals surface area contributed by atoms with E-state index in [0.29, 0.717) is 11.2 Å². The molecular formula is C19H21N3O2. The maximum Gasteiger partial charge on any atom is 0.323 e. The second-order valence-corrected chi connectivity index (χ2v) is 6.10. The van der Waals surface area contributed by atoms with E-state index in [1.165, 1.54) is 0 Å². The number of carbonyl (C=O) groups is 1. The van der Waals surface area contributed by atoms with Crippen LogP contribution in [0.5, 0.6) is 0 Å². The molecule has 24 heavy (non-hydrogen) atoms. The van der Waals surface area contributed by atoms with Crippen LogP contribution < -0.4 is 11.0 Å². The minimum atomic E-state index is -0.254. The standard InChI is InChI=1S/C19H21N3O2/c1-3-12(2)17(13-7-5-4-6-8-13)18(23)20-14-9-10-15-16(11-14)22-19(24)21-15/h4-12,17H,3H2,1-2H3,(H,20,23)(H2,21,22,24). The van der Waals surface area contributed by atoms with Gasteiger partial charge in [0.2, 0.25) is 5.91 Å². The number of H-pyrrole nitrogens is 2. The summed E-state index contributed by atoms with van der Waals surface area (Å²) < 4.78 is 0. The fourth-order valence-corrected chi connectivity index (χ4v) is 2.96. The average molecular weight is 323 g/mol. The smallest absolute Gasteiger partial charge is 0.323 e. The van der Waals surface area contributed by atoms with Crippen molar-refractivity contribution < 1.29 is 4.79 Å². The quantitative estimate of drug-likeness (QED) is 0.670. The summed E-state index contributed by atoms with van der Waals surface area (Å²) in [7, 11) is 0. The summed E-state index contributed by atoms with van der Waals surface area (Å²) >= 11 is 0. The third-order valence-corrected chi connectivity index (χ3v) is 4.44. The van der Waals surface area contributed by atoms with Crippen LogP contribution in [0, 0.1) is 5.92 Å². The Balaban J connectivity index is 1.87. The molecule has 0 aliphatic heterocycles. The van der Waals surface area contributed by atoms with Gasteiger partial charge in [0.1, 0.15) is 0 Å². The first-order valence-electron chi connectivity index (χ1n) is 8.16. The number of nitrogens with one attached hydrogen (secondary N) is 3. The van der Waals surface area contributed by atoms with Gasteiger partial charge in [-0.25, -0.2) is 4.79 Å². The second kappa shape index (κ2) is 6.74. The van der Waals surface area contributed by atoms with Crippen LogP contribution in [0.3, 0.4) is 0 Å². The van der Waals surface area contributed by atoms with Gasteiger partial charge < -0.3 is 15.3 Å². The molecule has 3 aromatic rings. The molecule has 0 aliphatic rings. The highest BCUT2D eigenvalue weighted by Gasteiger charge is 2.25. The Morgan fingerprint density at radius 1 is 1.08 bits per heavy atom. The van der Waals surface area contributed by atoms with E-state index in [9.17, 15) is 9.59 Å². The molecule has 0 saturated carbocycles. The number of anilines is 1. The van der Waals surface area contributed by atoms with Crippen molar-refractivity contribution in [3.63, 3.8) is 0 Å². The molecule has 0 radical (unpaired) electrons. The first-order valence-corrected chi connectivity index (χ1v) is 8.16. The number of imidazole rings is 1. The number of aromatic nitrogens is 2. The van der Waals surface area contributed by atoms with E-state index in [2.05, 4.69) is 29.1 Å². The second-order valence-electron chi connectivity index (χ2n) is 6.10. The minimum Gasteiger partial charge on any atom is -0.325 e. The number of rotatable bonds is 5. The van der Waals surface area contributed by atoms with Gasteiger partial charge in [-0.15, -0.1) is 0 Å². The van der Waals surface area contributed by atoms with E-state index in [4.69, 9.17) is 0 Å². The molecule has 2 aromatic carbocycles. The monoisotopic (exact) mass is 323 g/mol. The highest BCUT2D eigenvalue weighted by molar-refractivity contribution is 5.97. The molecule has 1 amide bonds. The molecule has 5 nitrogen and oxygen atoms in total. The van der Waals surface area contributed by atoms with Gasteiger partial charge in [0.25, 0.3) is 0 Å². The van der Waals surface area contributed by atoms with Crippen LogP contribution in [0.25, 0.3) is 11.0 Å². The zero-order chi connectivity index (χ0) is 17.1. The maximum absolute atomic E-state index is 12.9. The lowest BCUT2D eigenvalue weighted by atomic mass is 9.85. The molecule has 124 valence electrons. The van der Waals surface area contributed by atoms with E-state index in [1.54, 1.807) is 18.2 Å². The van der Waals surface area contributed by atoms with Crippen LogP contribution in [-0.2, 0) is 4.79 Å². The van der Waals surface area contributed by atoms with Crippen LogP contribution in [0.4, 0.5) is 5.69 Å². The fourth-order valence-electron chi connectivity index (χ4n) is 2.96. The highest BCUT2D eigenvalue weighted by Crippen LogP contribution is 2.28. The van der Waals surface area contributed by atoms with Gasteiger partial charge in [0, 0.05) is 5.69 Å². The van der Waals surface area contributed by atoms with Crippen molar-refractivity contribution in [2.75, 3.05) is 5.32 Å². The molecule has 0 spiro atoms. The van der Waals surface area contributed by atoms with Crippen LogP contribution in [0.15, 0.2) is 53.3 Å². The number of amides is 1. The van der Waals surface area contributed by atoms with Crippen molar-refractivity contribution in [2.45, 2.75) is 26.2 Å². The molecule has 3 N–H and O–H groups in total. The van der Waals surface area contributed by atoms with E-state index < -0.39 is 0 Å². The Morgan fingerprint density at radius 3 is 2.50 bits per heavy atom. The predicted octanol–water partition coefficient (Wildman–Crippen LogP) is 3.62.